The molecule has 0 unspecified atom stereocenters. The Bertz CT molecular complexity index is 747. The van der Waals surface area contributed by atoms with Crippen molar-refractivity contribution in [2.75, 3.05) is 26.1 Å². The number of thiophene rings is 1. The van der Waals surface area contributed by atoms with Gasteiger partial charge in [-0.1, -0.05) is 30.3 Å². The number of hydrogen-bond donors (Lipinski definition) is 0. The molecule has 2 aromatic carbocycles. The van der Waals surface area contributed by atoms with Crippen molar-refractivity contribution in [3.8, 4) is 5.75 Å². The Morgan fingerprint density at radius 2 is 1.81 bits per heavy atom. The average molecular weight is 297 g/mol. The number of nitrogens with zero attached hydrogens (tertiary/aromatic N) is 1. The molecule has 0 atom stereocenters. The smallest absolute Gasteiger partial charge is 0.123 e. The highest BCUT2D eigenvalue weighted by Gasteiger charge is 2.10. The van der Waals surface area contributed by atoms with Gasteiger partial charge < -0.3 is 9.64 Å². The van der Waals surface area contributed by atoms with E-state index < -0.39 is 0 Å². The topological polar surface area (TPSA) is 12.5 Å². The Labute approximate surface area is 129 Å². The third kappa shape index (κ3) is 2.88. The molecule has 0 aliphatic rings. The first-order valence-corrected chi connectivity index (χ1v) is 7.80. The van der Waals surface area contributed by atoms with Gasteiger partial charge in [0.1, 0.15) is 5.75 Å². The van der Waals surface area contributed by atoms with Crippen LogP contribution in [0, 0.1) is 0 Å². The Morgan fingerprint density at radius 1 is 1.05 bits per heavy atom. The summed E-state index contributed by atoms with van der Waals surface area (Å²) in [5.41, 5.74) is 2.54. The van der Waals surface area contributed by atoms with Crippen LogP contribution >= 0.6 is 11.3 Å². The maximum Gasteiger partial charge on any atom is 0.123 e. The summed E-state index contributed by atoms with van der Waals surface area (Å²) in [6, 6.07) is 17.1. The highest BCUT2D eigenvalue weighted by molar-refractivity contribution is 7.22. The Kier molecular flexibility index (Phi) is 3.84. The standard InChI is InChI=1S/C18H19NOS/c1-19(2)18-12-15-10-16(20-3)14(11-17(15)21-18)9-13-7-5-4-6-8-13/h4-8,10-12H,9H2,1-3H3. The summed E-state index contributed by atoms with van der Waals surface area (Å²) in [7, 11) is 5.90. The van der Waals surface area contributed by atoms with Crippen LogP contribution in [-0.2, 0) is 6.42 Å². The van der Waals surface area contributed by atoms with Gasteiger partial charge in [-0.25, -0.2) is 0 Å². The molecule has 3 aromatic rings. The Morgan fingerprint density at radius 3 is 2.48 bits per heavy atom. The molecule has 3 rings (SSSR count). The minimum atomic E-state index is 0.898. The second kappa shape index (κ2) is 5.78. The van der Waals surface area contributed by atoms with Crippen LogP contribution in [0.25, 0.3) is 10.1 Å². The van der Waals surface area contributed by atoms with Gasteiger partial charge in [0.25, 0.3) is 0 Å². The van der Waals surface area contributed by atoms with Gasteiger partial charge in [0, 0.05) is 25.2 Å². The van der Waals surface area contributed by atoms with Crippen LogP contribution in [0.5, 0.6) is 5.75 Å². The zero-order valence-electron chi connectivity index (χ0n) is 12.6. The van der Waals surface area contributed by atoms with Gasteiger partial charge in [0.2, 0.25) is 0 Å². The zero-order chi connectivity index (χ0) is 14.8. The lowest BCUT2D eigenvalue weighted by Gasteiger charge is -2.09. The first-order valence-electron chi connectivity index (χ1n) is 6.99. The Balaban J connectivity index is 2.04. The van der Waals surface area contributed by atoms with Crippen molar-refractivity contribution in [1.82, 2.24) is 0 Å². The predicted octanol–water partition coefficient (Wildman–Crippen LogP) is 4.57. The van der Waals surface area contributed by atoms with Crippen LogP contribution in [0.3, 0.4) is 0 Å². The van der Waals surface area contributed by atoms with Crippen LogP contribution in [0.1, 0.15) is 11.1 Å². The normalized spacial score (nSPS) is 10.8. The van der Waals surface area contributed by atoms with Crippen molar-refractivity contribution < 1.29 is 4.74 Å². The number of benzene rings is 2. The summed E-state index contributed by atoms with van der Waals surface area (Å²) < 4.78 is 6.90. The number of rotatable bonds is 4. The van der Waals surface area contributed by atoms with Crippen LogP contribution < -0.4 is 9.64 Å². The van der Waals surface area contributed by atoms with E-state index in [9.17, 15) is 0 Å². The van der Waals surface area contributed by atoms with Crippen LogP contribution in [-0.4, -0.2) is 21.2 Å². The third-order valence-corrected chi connectivity index (χ3v) is 4.85. The molecule has 0 bridgehead atoms. The van der Waals surface area contributed by atoms with Gasteiger partial charge in [-0.2, -0.15) is 0 Å². The molecule has 0 aliphatic heterocycles. The Hall–Kier alpha value is -2.00. The van der Waals surface area contributed by atoms with E-state index in [1.807, 2.05) is 17.4 Å². The molecule has 3 heteroatoms. The van der Waals surface area contributed by atoms with E-state index in [1.54, 1.807) is 7.11 Å². The molecular weight excluding hydrogens is 278 g/mol. The van der Waals surface area contributed by atoms with Crippen LogP contribution in [0.4, 0.5) is 5.00 Å². The quantitative estimate of drug-likeness (QED) is 0.699. The lowest BCUT2D eigenvalue weighted by Crippen LogP contribution is -2.05. The number of hydrogen-bond acceptors (Lipinski definition) is 3. The van der Waals surface area contributed by atoms with E-state index in [4.69, 9.17) is 4.74 Å². The van der Waals surface area contributed by atoms with E-state index in [1.165, 1.54) is 26.2 Å². The number of ether oxygens (including phenoxy) is 1. The van der Waals surface area contributed by atoms with Crippen molar-refractivity contribution in [3.63, 3.8) is 0 Å². The molecule has 1 aromatic heterocycles. The van der Waals surface area contributed by atoms with Crippen molar-refractivity contribution >= 4 is 26.4 Å². The molecule has 0 saturated heterocycles. The molecule has 0 fully saturated rings. The number of anilines is 1. The summed E-state index contributed by atoms with van der Waals surface area (Å²) in [6.07, 6.45) is 0.898. The fourth-order valence-corrected chi connectivity index (χ4v) is 3.49. The van der Waals surface area contributed by atoms with E-state index in [0.717, 1.165) is 12.2 Å². The van der Waals surface area contributed by atoms with E-state index in [2.05, 4.69) is 61.5 Å². The van der Waals surface area contributed by atoms with Crippen LogP contribution in [0.15, 0.2) is 48.5 Å². The van der Waals surface area contributed by atoms with Gasteiger partial charge in [-0.15, -0.1) is 11.3 Å². The molecule has 0 radical (unpaired) electrons. The maximum absolute atomic E-state index is 5.59. The van der Waals surface area contributed by atoms with E-state index in [-0.39, 0.29) is 0 Å². The SMILES string of the molecule is COc1cc2cc(N(C)C)sc2cc1Cc1ccccc1. The fourth-order valence-electron chi connectivity index (χ4n) is 2.46. The van der Waals surface area contributed by atoms with Crippen molar-refractivity contribution in [2.24, 2.45) is 0 Å². The number of fused-ring (bicyclic) bond motifs is 1. The lowest BCUT2D eigenvalue weighted by molar-refractivity contribution is 0.411. The summed E-state index contributed by atoms with van der Waals surface area (Å²) in [6.45, 7) is 0. The van der Waals surface area contributed by atoms with Crippen molar-refractivity contribution in [1.29, 1.82) is 0 Å². The minimum absolute atomic E-state index is 0.898. The van der Waals surface area contributed by atoms with Gasteiger partial charge >= 0.3 is 0 Å². The van der Waals surface area contributed by atoms with Crippen LogP contribution in [0.2, 0.25) is 0 Å². The third-order valence-electron chi connectivity index (χ3n) is 3.58. The van der Waals surface area contributed by atoms with Gasteiger partial charge in [-0.3, -0.25) is 0 Å². The molecule has 0 saturated carbocycles. The second-order valence-electron chi connectivity index (χ2n) is 5.34. The highest BCUT2D eigenvalue weighted by Crippen LogP contribution is 2.36. The van der Waals surface area contributed by atoms with Crippen molar-refractivity contribution in [2.45, 2.75) is 6.42 Å². The summed E-state index contributed by atoms with van der Waals surface area (Å²) >= 11 is 1.82. The number of methoxy groups -OCH3 is 1. The zero-order valence-corrected chi connectivity index (χ0v) is 13.4. The first kappa shape index (κ1) is 14.0. The van der Waals surface area contributed by atoms with E-state index in [0.29, 0.717) is 0 Å². The summed E-state index contributed by atoms with van der Waals surface area (Å²) in [5, 5.41) is 2.52. The van der Waals surface area contributed by atoms with Gasteiger partial charge in [-0.05, 0) is 34.7 Å². The second-order valence-corrected chi connectivity index (χ2v) is 6.41. The summed E-state index contributed by atoms with van der Waals surface area (Å²) in [5.74, 6) is 0.967. The van der Waals surface area contributed by atoms with Gasteiger partial charge in [0.05, 0.1) is 12.1 Å². The molecule has 0 amide bonds. The molecule has 0 aliphatic carbocycles. The monoisotopic (exact) mass is 297 g/mol. The van der Waals surface area contributed by atoms with E-state index >= 15 is 0 Å². The molecule has 0 spiro atoms. The highest BCUT2D eigenvalue weighted by atomic mass is 32.1. The molecular formula is C18H19NOS. The molecule has 0 N–H and O–H groups in total. The largest absolute Gasteiger partial charge is 0.496 e. The molecule has 1 heterocycles. The summed E-state index contributed by atoms with van der Waals surface area (Å²) in [4.78, 5) is 2.15. The molecule has 108 valence electrons. The van der Waals surface area contributed by atoms with Crippen molar-refractivity contribution in [3.05, 3.63) is 59.7 Å². The average Bonchev–Trinajstić information content (AvgIpc) is 2.90. The van der Waals surface area contributed by atoms with Gasteiger partial charge in [0.15, 0.2) is 0 Å². The predicted molar refractivity (Wildman–Crippen MR) is 92.0 cm³/mol. The fraction of sp³-hybridized carbons (Fsp3) is 0.222. The maximum atomic E-state index is 5.59. The first-order chi connectivity index (χ1) is 10.2. The molecule has 2 nitrogen and oxygen atoms in total. The lowest BCUT2D eigenvalue weighted by atomic mass is 10.0. The molecule has 21 heavy (non-hydrogen) atoms. The minimum Gasteiger partial charge on any atom is -0.496 e.